The first-order chi connectivity index (χ1) is 9.17. The number of aromatic hydroxyl groups is 1. The molecule has 0 saturated heterocycles. The van der Waals surface area contributed by atoms with Gasteiger partial charge in [-0.25, -0.2) is 0 Å². The molecule has 106 valence electrons. The lowest BCUT2D eigenvalue weighted by Crippen LogP contribution is -2.36. The minimum Gasteiger partial charge on any atom is -0.508 e. The summed E-state index contributed by atoms with van der Waals surface area (Å²) in [5.41, 5.74) is 1.29. The van der Waals surface area contributed by atoms with Gasteiger partial charge in [0.1, 0.15) is 5.75 Å². The Morgan fingerprint density at radius 1 is 1.32 bits per heavy atom. The highest BCUT2D eigenvalue weighted by molar-refractivity contribution is 7.99. The molecule has 3 unspecified atom stereocenters. The van der Waals surface area contributed by atoms with E-state index in [1.165, 1.54) is 30.6 Å². The zero-order valence-corrected chi connectivity index (χ0v) is 12.7. The summed E-state index contributed by atoms with van der Waals surface area (Å²) in [5.74, 6) is 1.58. The van der Waals surface area contributed by atoms with Crippen molar-refractivity contribution in [3.05, 3.63) is 29.8 Å². The first-order valence-electron chi connectivity index (χ1n) is 7.33. The largest absolute Gasteiger partial charge is 0.508 e. The molecule has 19 heavy (non-hydrogen) atoms. The maximum absolute atomic E-state index is 9.28. The van der Waals surface area contributed by atoms with Gasteiger partial charge in [0.25, 0.3) is 0 Å². The van der Waals surface area contributed by atoms with Gasteiger partial charge in [-0.1, -0.05) is 19.1 Å². The lowest BCUT2D eigenvalue weighted by atomic mass is 10.1. The van der Waals surface area contributed by atoms with E-state index >= 15 is 0 Å². The van der Waals surface area contributed by atoms with E-state index in [2.05, 4.69) is 30.9 Å². The van der Waals surface area contributed by atoms with E-state index < -0.39 is 0 Å². The Morgan fingerprint density at radius 3 is 2.74 bits per heavy atom. The average Bonchev–Trinajstić information content (AvgIpc) is 2.80. The van der Waals surface area contributed by atoms with E-state index in [0.29, 0.717) is 17.8 Å². The van der Waals surface area contributed by atoms with Gasteiger partial charge in [-0.05, 0) is 56.1 Å². The Balaban J connectivity index is 1.75. The standard InChI is InChI=1S/C16H25NOS/c1-3-19-16-9-6-14(11-16)17-12(2)10-13-4-7-15(18)8-5-13/h4-5,7-8,12,14,16-18H,3,6,9-11H2,1-2H3. The summed E-state index contributed by atoms with van der Waals surface area (Å²) in [6, 6.07) is 8.75. The van der Waals surface area contributed by atoms with Crippen LogP contribution in [-0.4, -0.2) is 28.2 Å². The van der Waals surface area contributed by atoms with E-state index in [1.807, 2.05) is 12.1 Å². The highest BCUT2D eigenvalue weighted by atomic mass is 32.2. The first-order valence-corrected chi connectivity index (χ1v) is 8.37. The average molecular weight is 279 g/mol. The third kappa shape index (κ3) is 4.73. The SMILES string of the molecule is CCSC1CCC(NC(C)Cc2ccc(O)cc2)C1. The van der Waals surface area contributed by atoms with Crippen molar-refractivity contribution in [2.24, 2.45) is 0 Å². The second-order valence-electron chi connectivity index (χ2n) is 5.53. The predicted octanol–water partition coefficient (Wildman–Crippen LogP) is 3.59. The number of rotatable bonds is 6. The van der Waals surface area contributed by atoms with E-state index in [4.69, 9.17) is 0 Å². The fourth-order valence-corrected chi connectivity index (χ4v) is 4.07. The van der Waals surface area contributed by atoms with Crippen LogP contribution in [-0.2, 0) is 6.42 Å². The van der Waals surface area contributed by atoms with Gasteiger partial charge in [0.05, 0.1) is 0 Å². The Bertz CT molecular complexity index is 379. The maximum Gasteiger partial charge on any atom is 0.115 e. The molecule has 1 saturated carbocycles. The number of hydrogen-bond donors (Lipinski definition) is 2. The molecule has 1 aromatic rings. The van der Waals surface area contributed by atoms with Crippen molar-refractivity contribution in [2.45, 2.75) is 56.9 Å². The molecule has 3 atom stereocenters. The topological polar surface area (TPSA) is 32.3 Å². The molecule has 0 amide bonds. The molecule has 2 nitrogen and oxygen atoms in total. The number of benzene rings is 1. The summed E-state index contributed by atoms with van der Waals surface area (Å²) >= 11 is 2.11. The van der Waals surface area contributed by atoms with E-state index in [0.717, 1.165) is 11.7 Å². The van der Waals surface area contributed by atoms with Crippen molar-refractivity contribution in [1.29, 1.82) is 0 Å². The third-order valence-corrected chi connectivity index (χ3v) is 5.02. The van der Waals surface area contributed by atoms with Crippen molar-refractivity contribution in [3.63, 3.8) is 0 Å². The van der Waals surface area contributed by atoms with E-state index in [1.54, 1.807) is 12.1 Å². The van der Waals surface area contributed by atoms with Gasteiger partial charge in [-0.15, -0.1) is 0 Å². The van der Waals surface area contributed by atoms with Gasteiger partial charge in [0.2, 0.25) is 0 Å². The molecule has 0 radical (unpaired) electrons. The third-order valence-electron chi connectivity index (χ3n) is 3.79. The van der Waals surface area contributed by atoms with Gasteiger partial charge >= 0.3 is 0 Å². The normalized spacial score (nSPS) is 24.5. The van der Waals surface area contributed by atoms with Crippen LogP contribution in [0.15, 0.2) is 24.3 Å². The lowest BCUT2D eigenvalue weighted by Gasteiger charge is -2.19. The minimum absolute atomic E-state index is 0.347. The maximum atomic E-state index is 9.28. The Morgan fingerprint density at radius 2 is 2.05 bits per heavy atom. The molecular weight excluding hydrogens is 254 g/mol. The molecule has 1 aromatic carbocycles. The minimum atomic E-state index is 0.347. The van der Waals surface area contributed by atoms with Crippen molar-refractivity contribution in [3.8, 4) is 5.75 Å². The molecule has 1 fully saturated rings. The smallest absolute Gasteiger partial charge is 0.115 e. The van der Waals surface area contributed by atoms with Crippen LogP contribution < -0.4 is 5.32 Å². The van der Waals surface area contributed by atoms with Gasteiger partial charge in [0.15, 0.2) is 0 Å². The molecular formula is C16H25NOS. The summed E-state index contributed by atoms with van der Waals surface area (Å²) < 4.78 is 0. The lowest BCUT2D eigenvalue weighted by molar-refractivity contribution is 0.448. The van der Waals surface area contributed by atoms with Crippen molar-refractivity contribution >= 4 is 11.8 Å². The van der Waals surface area contributed by atoms with Crippen LogP contribution in [0.1, 0.15) is 38.7 Å². The molecule has 1 aliphatic rings. The van der Waals surface area contributed by atoms with Crippen LogP contribution in [0.4, 0.5) is 0 Å². The summed E-state index contributed by atoms with van der Waals surface area (Å²) in [6.45, 7) is 4.51. The Kier molecular flexibility index (Phi) is 5.59. The zero-order chi connectivity index (χ0) is 13.7. The molecule has 0 bridgehead atoms. The monoisotopic (exact) mass is 279 g/mol. The molecule has 3 heteroatoms. The van der Waals surface area contributed by atoms with Gasteiger partial charge < -0.3 is 10.4 Å². The summed E-state index contributed by atoms with van der Waals surface area (Å²) in [6.07, 6.45) is 5.03. The second kappa shape index (κ2) is 7.20. The Labute approximate surface area is 121 Å². The van der Waals surface area contributed by atoms with Crippen molar-refractivity contribution < 1.29 is 5.11 Å². The molecule has 0 heterocycles. The molecule has 0 spiro atoms. The van der Waals surface area contributed by atoms with Gasteiger partial charge in [-0.3, -0.25) is 0 Å². The number of hydrogen-bond acceptors (Lipinski definition) is 3. The fourth-order valence-electron chi connectivity index (χ4n) is 2.93. The number of phenolic OH excluding ortho intramolecular Hbond substituents is 1. The van der Waals surface area contributed by atoms with Crippen LogP contribution in [0, 0.1) is 0 Å². The predicted molar refractivity (Wildman–Crippen MR) is 84.0 cm³/mol. The molecule has 2 N–H and O–H groups in total. The van der Waals surface area contributed by atoms with E-state index in [-0.39, 0.29) is 0 Å². The second-order valence-corrected chi connectivity index (χ2v) is 7.10. The molecule has 0 aliphatic heterocycles. The summed E-state index contributed by atoms with van der Waals surface area (Å²) in [4.78, 5) is 0. The molecule has 0 aromatic heterocycles. The highest BCUT2D eigenvalue weighted by Crippen LogP contribution is 2.30. The van der Waals surface area contributed by atoms with Crippen molar-refractivity contribution in [2.75, 3.05) is 5.75 Å². The van der Waals surface area contributed by atoms with E-state index in [9.17, 15) is 5.11 Å². The molecule has 1 aliphatic carbocycles. The van der Waals surface area contributed by atoms with Gasteiger partial charge in [-0.2, -0.15) is 11.8 Å². The first kappa shape index (κ1) is 14.7. The van der Waals surface area contributed by atoms with Crippen LogP contribution in [0.5, 0.6) is 5.75 Å². The summed E-state index contributed by atoms with van der Waals surface area (Å²) in [7, 11) is 0. The number of phenols is 1. The quantitative estimate of drug-likeness (QED) is 0.834. The fraction of sp³-hybridized carbons (Fsp3) is 0.625. The highest BCUT2D eigenvalue weighted by Gasteiger charge is 2.25. The number of nitrogens with one attached hydrogen (secondary N) is 1. The summed E-state index contributed by atoms with van der Waals surface area (Å²) in [5, 5.41) is 13.9. The van der Waals surface area contributed by atoms with Crippen molar-refractivity contribution in [1.82, 2.24) is 5.32 Å². The van der Waals surface area contributed by atoms with Crippen LogP contribution in [0.25, 0.3) is 0 Å². The van der Waals surface area contributed by atoms with Crippen LogP contribution >= 0.6 is 11.8 Å². The number of thioether (sulfide) groups is 1. The van der Waals surface area contributed by atoms with Crippen LogP contribution in [0.2, 0.25) is 0 Å². The Hall–Kier alpha value is -0.670. The zero-order valence-electron chi connectivity index (χ0n) is 11.9. The molecule has 2 rings (SSSR count). The van der Waals surface area contributed by atoms with Crippen LogP contribution in [0.3, 0.4) is 0 Å². The van der Waals surface area contributed by atoms with Gasteiger partial charge in [0, 0.05) is 17.3 Å².